The van der Waals surface area contributed by atoms with Crippen molar-refractivity contribution in [1.82, 2.24) is 9.80 Å². The van der Waals surface area contributed by atoms with Gasteiger partial charge in [0.25, 0.3) is 5.91 Å². The molecular weight excluding hydrogens is 316 g/mol. The van der Waals surface area contributed by atoms with Crippen LogP contribution in [0.3, 0.4) is 0 Å². The zero-order valence-electron chi connectivity index (χ0n) is 14.4. The number of furan rings is 1. The molecule has 130 valence electrons. The van der Waals surface area contributed by atoms with Crippen molar-refractivity contribution < 1.29 is 14.3 Å². The third-order valence-corrected chi connectivity index (χ3v) is 5.10. The largest absolute Gasteiger partial charge is 0.450 e. The van der Waals surface area contributed by atoms with Crippen LogP contribution in [0.4, 0.5) is 0 Å². The number of carbonyl (C=O) groups is 1. The molecule has 0 unspecified atom stereocenters. The summed E-state index contributed by atoms with van der Waals surface area (Å²) in [6.07, 6.45) is 0. The van der Waals surface area contributed by atoms with Gasteiger partial charge in [0.15, 0.2) is 5.76 Å². The Bertz CT molecular complexity index is 923. The van der Waals surface area contributed by atoms with Crippen LogP contribution in [0.15, 0.2) is 40.8 Å². The number of benzene rings is 2. The number of piperazine rings is 1. The molecule has 1 aliphatic heterocycles. The first-order valence-corrected chi connectivity index (χ1v) is 8.72. The van der Waals surface area contributed by atoms with Crippen LogP contribution in [0.1, 0.15) is 16.1 Å². The van der Waals surface area contributed by atoms with E-state index in [1.165, 1.54) is 0 Å². The highest BCUT2D eigenvalue weighted by Crippen LogP contribution is 2.32. The molecule has 2 heterocycles. The number of rotatable bonds is 3. The predicted molar refractivity (Wildman–Crippen MR) is 97.9 cm³/mol. The number of nitrogens with zero attached hydrogens (tertiary/aromatic N) is 2. The Morgan fingerprint density at radius 2 is 1.84 bits per heavy atom. The second kappa shape index (κ2) is 6.50. The SMILES string of the molecule is Cc1c(C(=O)N2CCN(CCO)CC2)oc2c1ccc1ccccc12. The summed E-state index contributed by atoms with van der Waals surface area (Å²) in [5.41, 5.74) is 1.70. The molecule has 0 spiro atoms. The van der Waals surface area contributed by atoms with Gasteiger partial charge in [-0.15, -0.1) is 0 Å². The van der Waals surface area contributed by atoms with Crippen molar-refractivity contribution in [3.8, 4) is 0 Å². The number of carbonyl (C=O) groups excluding carboxylic acids is 1. The first-order chi connectivity index (χ1) is 12.2. The van der Waals surface area contributed by atoms with Crippen molar-refractivity contribution >= 4 is 27.6 Å². The highest BCUT2D eigenvalue weighted by Gasteiger charge is 2.26. The molecule has 2 aromatic carbocycles. The minimum absolute atomic E-state index is 0.0403. The van der Waals surface area contributed by atoms with Crippen LogP contribution in [0.2, 0.25) is 0 Å². The van der Waals surface area contributed by atoms with E-state index in [0.29, 0.717) is 25.4 Å². The molecule has 0 atom stereocenters. The van der Waals surface area contributed by atoms with Crippen molar-refractivity contribution in [3.05, 3.63) is 47.7 Å². The van der Waals surface area contributed by atoms with E-state index in [1.807, 2.05) is 36.1 Å². The van der Waals surface area contributed by atoms with Gasteiger partial charge < -0.3 is 14.4 Å². The van der Waals surface area contributed by atoms with E-state index in [2.05, 4.69) is 17.0 Å². The normalized spacial score (nSPS) is 16.0. The van der Waals surface area contributed by atoms with Gasteiger partial charge in [-0.1, -0.05) is 36.4 Å². The monoisotopic (exact) mass is 338 g/mol. The van der Waals surface area contributed by atoms with Crippen LogP contribution < -0.4 is 0 Å². The number of amides is 1. The van der Waals surface area contributed by atoms with Gasteiger partial charge in [-0.3, -0.25) is 9.69 Å². The average Bonchev–Trinajstić information content (AvgIpc) is 2.99. The standard InChI is InChI=1S/C20H22N2O3/c1-14-16-7-6-15-4-2-3-5-17(15)19(16)25-18(14)20(24)22-10-8-21(9-11-22)12-13-23/h2-7,23H,8-13H2,1H3. The predicted octanol–water partition coefficient (Wildman–Crippen LogP) is 2.64. The van der Waals surface area contributed by atoms with Crippen molar-refractivity contribution in [2.24, 2.45) is 0 Å². The molecule has 25 heavy (non-hydrogen) atoms. The summed E-state index contributed by atoms with van der Waals surface area (Å²) in [4.78, 5) is 17.0. The highest BCUT2D eigenvalue weighted by atomic mass is 16.3. The number of aliphatic hydroxyl groups is 1. The molecule has 1 saturated heterocycles. The summed E-state index contributed by atoms with van der Waals surface area (Å²) < 4.78 is 6.06. The van der Waals surface area contributed by atoms with Gasteiger partial charge in [0.1, 0.15) is 5.58 Å². The van der Waals surface area contributed by atoms with Gasteiger partial charge in [-0.2, -0.15) is 0 Å². The number of fused-ring (bicyclic) bond motifs is 3. The lowest BCUT2D eigenvalue weighted by Crippen LogP contribution is -2.49. The minimum Gasteiger partial charge on any atom is -0.450 e. The van der Waals surface area contributed by atoms with E-state index in [9.17, 15) is 4.79 Å². The Hall–Kier alpha value is -2.37. The van der Waals surface area contributed by atoms with Crippen LogP contribution in [-0.2, 0) is 0 Å². The van der Waals surface area contributed by atoms with Gasteiger partial charge in [-0.05, 0) is 12.3 Å². The lowest BCUT2D eigenvalue weighted by Gasteiger charge is -2.33. The lowest BCUT2D eigenvalue weighted by atomic mass is 10.1. The molecule has 0 radical (unpaired) electrons. The molecule has 1 amide bonds. The maximum atomic E-state index is 13.0. The Morgan fingerprint density at radius 3 is 2.60 bits per heavy atom. The minimum atomic E-state index is -0.0403. The van der Waals surface area contributed by atoms with E-state index >= 15 is 0 Å². The number of aliphatic hydroxyl groups excluding tert-OH is 1. The van der Waals surface area contributed by atoms with E-state index in [4.69, 9.17) is 9.52 Å². The zero-order chi connectivity index (χ0) is 17.4. The second-order valence-electron chi connectivity index (χ2n) is 6.58. The molecule has 4 rings (SSSR count). The van der Waals surface area contributed by atoms with Crippen molar-refractivity contribution in [1.29, 1.82) is 0 Å². The molecule has 1 aromatic heterocycles. The van der Waals surface area contributed by atoms with Crippen molar-refractivity contribution in [2.45, 2.75) is 6.92 Å². The lowest BCUT2D eigenvalue weighted by molar-refractivity contribution is 0.0586. The summed E-state index contributed by atoms with van der Waals surface area (Å²) in [6.45, 7) is 5.67. The summed E-state index contributed by atoms with van der Waals surface area (Å²) in [5.74, 6) is 0.406. The van der Waals surface area contributed by atoms with Gasteiger partial charge >= 0.3 is 0 Å². The fraction of sp³-hybridized carbons (Fsp3) is 0.350. The topological polar surface area (TPSA) is 56.9 Å². The quantitative estimate of drug-likeness (QED) is 0.798. The summed E-state index contributed by atoms with van der Waals surface area (Å²) in [5, 5.41) is 12.2. The van der Waals surface area contributed by atoms with E-state index in [1.54, 1.807) is 0 Å². The molecule has 5 heteroatoms. The fourth-order valence-electron chi connectivity index (χ4n) is 3.61. The molecule has 3 aromatic rings. The molecular formula is C20H22N2O3. The van der Waals surface area contributed by atoms with Crippen molar-refractivity contribution in [2.75, 3.05) is 39.3 Å². The second-order valence-corrected chi connectivity index (χ2v) is 6.58. The molecule has 1 aliphatic rings. The Kier molecular flexibility index (Phi) is 4.19. The average molecular weight is 338 g/mol. The van der Waals surface area contributed by atoms with Crippen LogP contribution in [0.25, 0.3) is 21.7 Å². The number of hydrogen-bond acceptors (Lipinski definition) is 4. The maximum Gasteiger partial charge on any atom is 0.289 e. The molecule has 0 saturated carbocycles. The highest BCUT2D eigenvalue weighted by molar-refractivity contribution is 6.08. The first-order valence-electron chi connectivity index (χ1n) is 8.72. The van der Waals surface area contributed by atoms with E-state index in [-0.39, 0.29) is 12.5 Å². The molecule has 0 bridgehead atoms. The van der Waals surface area contributed by atoms with Gasteiger partial charge in [0.05, 0.1) is 6.61 Å². The fourth-order valence-corrected chi connectivity index (χ4v) is 3.61. The van der Waals surface area contributed by atoms with Crippen LogP contribution >= 0.6 is 0 Å². The molecule has 1 N–H and O–H groups in total. The number of aryl methyl sites for hydroxylation is 1. The molecule has 1 fully saturated rings. The number of β-amino-alcohol motifs (C(OH)–C–C–N with tert-alkyl or cyclic N) is 1. The summed E-state index contributed by atoms with van der Waals surface area (Å²) >= 11 is 0. The molecule has 0 aliphatic carbocycles. The van der Waals surface area contributed by atoms with Crippen LogP contribution in [0.5, 0.6) is 0 Å². The van der Waals surface area contributed by atoms with Crippen LogP contribution in [-0.4, -0.2) is 60.1 Å². The van der Waals surface area contributed by atoms with Gasteiger partial charge in [0.2, 0.25) is 0 Å². The maximum absolute atomic E-state index is 13.0. The Balaban J connectivity index is 1.66. The molecule has 5 nitrogen and oxygen atoms in total. The van der Waals surface area contributed by atoms with Crippen LogP contribution in [0, 0.1) is 6.92 Å². The first kappa shape index (κ1) is 16.1. The van der Waals surface area contributed by atoms with Gasteiger partial charge in [-0.25, -0.2) is 0 Å². The summed E-state index contributed by atoms with van der Waals surface area (Å²) in [6, 6.07) is 12.2. The van der Waals surface area contributed by atoms with E-state index < -0.39 is 0 Å². The Morgan fingerprint density at radius 1 is 1.08 bits per heavy atom. The van der Waals surface area contributed by atoms with E-state index in [0.717, 1.165) is 40.4 Å². The third-order valence-electron chi connectivity index (χ3n) is 5.10. The smallest absolute Gasteiger partial charge is 0.289 e. The number of hydrogen-bond donors (Lipinski definition) is 1. The Labute approximate surface area is 146 Å². The third kappa shape index (κ3) is 2.79. The van der Waals surface area contributed by atoms with Crippen molar-refractivity contribution in [3.63, 3.8) is 0 Å². The summed E-state index contributed by atoms with van der Waals surface area (Å²) in [7, 11) is 0. The zero-order valence-corrected chi connectivity index (χ0v) is 14.4. The van der Waals surface area contributed by atoms with Gasteiger partial charge in [0, 0.05) is 49.1 Å².